The van der Waals surface area contributed by atoms with Gasteiger partial charge in [0, 0.05) is 12.1 Å². The zero-order valence-electron chi connectivity index (χ0n) is 13.0. The number of carboxylic acid groups (broad SMARTS) is 1. The molecule has 4 heteroatoms. The summed E-state index contributed by atoms with van der Waals surface area (Å²) in [6, 6.07) is 7.40. The summed E-state index contributed by atoms with van der Waals surface area (Å²) in [6.07, 6.45) is 6.42. The second kappa shape index (κ2) is 6.11. The van der Waals surface area contributed by atoms with E-state index in [-0.39, 0.29) is 11.5 Å². The molecule has 1 saturated heterocycles. The molecular formula is C18H23NO3. The molecule has 3 atom stereocenters. The number of hydrogen-bond acceptors (Lipinski definition) is 2. The molecule has 118 valence electrons. The number of rotatable bonds is 3. The van der Waals surface area contributed by atoms with Gasteiger partial charge in [0.1, 0.15) is 0 Å². The highest BCUT2D eigenvalue weighted by atomic mass is 16.4. The number of carbonyl (C=O) groups is 2. The monoisotopic (exact) mass is 301 g/mol. The SMILES string of the molecule is CC1CC2CCCCC2N1C(=O)Cc1ccc(C(=O)O)cc1. The van der Waals surface area contributed by atoms with Gasteiger partial charge in [0.2, 0.25) is 5.91 Å². The first-order valence-electron chi connectivity index (χ1n) is 8.19. The molecule has 1 heterocycles. The molecule has 1 N–H and O–H groups in total. The van der Waals surface area contributed by atoms with Gasteiger partial charge in [-0.25, -0.2) is 4.79 Å². The Labute approximate surface area is 131 Å². The van der Waals surface area contributed by atoms with Crippen LogP contribution in [0.2, 0.25) is 0 Å². The molecule has 1 amide bonds. The zero-order chi connectivity index (χ0) is 15.7. The molecule has 3 rings (SSSR count). The molecule has 0 radical (unpaired) electrons. The largest absolute Gasteiger partial charge is 0.478 e. The van der Waals surface area contributed by atoms with Crippen molar-refractivity contribution in [2.75, 3.05) is 0 Å². The van der Waals surface area contributed by atoms with Crippen molar-refractivity contribution in [3.8, 4) is 0 Å². The number of likely N-dealkylation sites (tertiary alicyclic amines) is 1. The molecule has 4 nitrogen and oxygen atoms in total. The van der Waals surface area contributed by atoms with E-state index in [0.717, 1.165) is 18.4 Å². The Balaban J connectivity index is 1.69. The summed E-state index contributed by atoms with van der Waals surface area (Å²) in [5.41, 5.74) is 1.15. The van der Waals surface area contributed by atoms with Gasteiger partial charge in [-0.1, -0.05) is 25.0 Å². The van der Waals surface area contributed by atoms with E-state index in [0.29, 0.717) is 24.4 Å². The van der Waals surface area contributed by atoms with Crippen LogP contribution in [0.4, 0.5) is 0 Å². The van der Waals surface area contributed by atoms with Crippen LogP contribution in [0.1, 0.15) is 54.9 Å². The lowest BCUT2D eigenvalue weighted by Crippen LogP contribution is -2.43. The smallest absolute Gasteiger partial charge is 0.335 e. The number of aromatic carboxylic acids is 1. The lowest BCUT2D eigenvalue weighted by molar-refractivity contribution is -0.133. The molecular weight excluding hydrogens is 278 g/mol. The quantitative estimate of drug-likeness (QED) is 0.933. The van der Waals surface area contributed by atoms with Crippen molar-refractivity contribution < 1.29 is 14.7 Å². The summed E-state index contributed by atoms with van der Waals surface area (Å²) in [4.78, 5) is 25.7. The molecule has 3 unspecified atom stereocenters. The van der Waals surface area contributed by atoms with Crippen LogP contribution in [0.15, 0.2) is 24.3 Å². The third kappa shape index (κ3) is 2.87. The van der Waals surface area contributed by atoms with Gasteiger partial charge in [-0.05, 0) is 49.8 Å². The van der Waals surface area contributed by atoms with E-state index in [1.54, 1.807) is 24.3 Å². The van der Waals surface area contributed by atoms with Gasteiger partial charge in [-0.2, -0.15) is 0 Å². The zero-order valence-corrected chi connectivity index (χ0v) is 13.0. The third-order valence-electron chi connectivity index (χ3n) is 5.19. The summed E-state index contributed by atoms with van der Waals surface area (Å²) in [5.74, 6) is -0.0665. The maximum absolute atomic E-state index is 12.7. The molecule has 1 aliphatic heterocycles. The van der Waals surface area contributed by atoms with E-state index < -0.39 is 5.97 Å². The van der Waals surface area contributed by atoms with Crippen LogP contribution in [0, 0.1) is 5.92 Å². The topological polar surface area (TPSA) is 57.6 Å². The summed E-state index contributed by atoms with van der Waals surface area (Å²) in [6.45, 7) is 2.16. The summed E-state index contributed by atoms with van der Waals surface area (Å²) in [5, 5.41) is 8.92. The van der Waals surface area contributed by atoms with Crippen molar-refractivity contribution in [3.05, 3.63) is 35.4 Å². The van der Waals surface area contributed by atoms with Crippen LogP contribution >= 0.6 is 0 Å². The first kappa shape index (κ1) is 15.1. The Kier molecular flexibility index (Phi) is 4.19. The van der Waals surface area contributed by atoms with Crippen molar-refractivity contribution >= 4 is 11.9 Å². The van der Waals surface area contributed by atoms with Crippen molar-refractivity contribution in [2.24, 2.45) is 5.92 Å². The van der Waals surface area contributed by atoms with E-state index in [9.17, 15) is 9.59 Å². The molecule has 0 spiro atoms. The van der Waals surface area contributed by atoms with Crippen LogP contribution in [0.5, 0.6) is 0 Å². The highest BCUT2D eigenvalue weighted by Crippen LogP contribution is 2.39. The van der Waals surface area contributed by atoms with E-state index in [4.69, 9.17) is 5.11 Å². The second-order valence-corrected chi connectivity index (χ2v) is 6.68. The predicted octanol–water partition coefficient (Wildman–Crippen LogP) is 3.11. The minimum absolute atomic E-state index is 0.185. The summed E-state index contributed by atoms with van der Waals surface area (Å²) < 4.78 is 0. The van der Waals surface area contributed by atoms with Gasteiger partial charge < -0.3 is 10.0 Å². The Morgan fingerprint density at radius 3 is 2.55 bits per heavy atom. The standard InChI is InChI=1S/C18H23NO3/c1-12-10-15-4-2-3-5-16(15)19(12)17(20)11-13-6-8-14(9-7-13)18(21)22/h6-9,12,15-16H,2-5,10-11H2,1H3,(H,21,22). The number of hydrogen-bond donors (Lipinski definition) is 1. The lowest BCUT2D eigenvalue weighted by atomic mass is 9.85. The average Bonchev–Trinajstić information content (AvgIpc) is 2.83. The predicted molar refractivity (Wildman–Crippen MR) is 83.8 cm³/mol. The number of benzene rings is 1. The summed E-state index contributed by atoms with van der Waals surface area (Å²) in [7, 11) is 0. The minimum atomic E-state index is -0.934. The molecule has 1 aliphatic carbocycles. The molecule has 1 aromatic carbocycles. The molecule has 1 saturated carbocycles. The highest BCUT2D eigenvalue weighted by Gasteiger charge is 2.42. The lowest BCUT2D eigenvalue weighted by Gasteiger charge is -2.33. The van der Waals surface area contributed by atoms with E-state index in [2.05, 4.69) is 11.8 Å². The maximum Gasteiger partial charge on any atom is 0.335 e. The second-order valence-electron chi connectivity index (χ2n) is 6.68. The van der Waals surface area contributed by atoms with Crippen LogP contribution in [-0.4, -0.2) is 34.0 Å². The number of fused-ring (bicyclic) bond motifs is 1. The fourth-order valence-electron chi connectivity index (χ4n) is 4.17. The van der Waals surface area contributed by atoms with Crippen molar-refractivity contribution in [3.63, 3.8) is 0 Å². The van der Waals surface area contributed by atoms with Gasteiger partial charge in [0.15, 0.2) is 0 Å². The Morgan fingerprint density at radius 1 is 1.18 bits per heavy atom. The first-order valence-corrected chi connectivity index (χ1v) is 8.19. The van der Waals surface area contributed by atoms with E-state index in [1.807, 2.05) is 0 Å². The van der Waals surface area contributed by atoms with Gasteiger partial charge in [-0.15, -0.1) is 0 Å². The van der Waals surface area contributed by atoms with Crippen LogP contribution in [0.3, 0.4) is 0 Å². The summed E-state index contributed by atoms with van der Waals surface area (Å²) >= 11 is 0. The highest BCUT2D eigenvalue weighted by molar-refractivity contribution is 5.87. The molecule has 1 aromatic rings. The molecule has 2 aliphatic rings. The molecule has 2 fully saturated rings. The normalized spacial score (nSPS) is 27.5. The number of amides is 1. The number of nitrogens with zero attached hydrogens (tertiary/aromatic N) is 1. The Bertz CT molecular complexity index is 566. The minimum Gasteiger partial charge on any atom is -0.478 e. The van der Waals surface area contributed by atoms with E-state index in [1.165, 1.54) is 19.3 Å². The van der Waals surface area contributed by atoms with E-state index >= 15 is 0 Å². The van der Waals surface area contributed by atoms with Crippen LogP contribution < -0.4 is 0 Å². The van der Waals surface area contributed by atoms with Gasteiger partial charge in [0.05, 0.1) is 12.0 Å². The molecule has 0 bridgehead atoms. The molecule has 0 aromatic heterocycles. The molecule has 22 heavy (non-hydrogen) atoms. The average molecular weight is 301 g/mol. The fraction of sp³-hybridized carbons (Fsp3) is 0.556. The van der Waals surface area contributed by atoms with Crippen LogP contribution in [-0.2, 0) is 11.2 Å². The Morgan fingerprint density at radius 2 is 1.86 bits per heavy atom. The van der Waals surface area contributed by atoms with Gasteiger partial charge in [0.25, 0.3) is 0 Å². The van der Waals surface area contributed by atoms with Crippen molar-refractivity contribution in [1.29, 1.82) is 0 Å². The van der Waals surface area contributed by atoms with Gasteiger partial charge in [-0.3, -0.25) is 4.79 Å². The maximum atomic E-state index is 12.7. The number of carboxylic acids is 1. The van der Waals surface area contributed by atoms with Gasteiger partial charge >= 0.3 is 5.97 Å². The third-order valence-corrected chi connectivity index (χ3v) is 5.19. The Hall–Kier alpha value is -1.84. The van der Waals surface area contributed by atoms with Crippen molar-refractivity contribution in [2.45, 2.75) is 57.5 Å². The van der Waals surface area contributed by atoms with Crippen LogP contribution in [0.25, 0.3) is 0 Å². The van der Waals surface area contributed by atoms with Crippen molar-refractivity contribution in [1.82, 2.24) is 4.90 Å². The first-order chi connectivity index (χ1) is 10.6. The fourth-order valence-corrected chi connectivity index (χ4v) is 4.17. The number of carbonyl (C=O) groups excluding carboxylic acids is 1.